The Morgan fingerprint density at radius 1 is 1.21 bits per heavy atom. The largest absolute Gasteiger partial charge is 0.497 e. The smallest absolute Gasteiger partial charge is 0.433 e. The number of methoxy groups -OCH3 is 1. The van der Waals surface area contributed by atoms with Crippen LogP contribution >= 0.6 is 11.8 Å². The third kappa shape index (κ3) is 6.63. The second kappa shape index (κ2) is 9.59. The third-order valence-corrected chi connectivity index (χ3v) is 4.58. The van der Waals surface area contributed by atoms with E-state index in [2.05, 4.69) is 9.97 Å². The molecule has 2 rings (SSSR count). The predicted octanol–water partition coefficient (Wildman–Crippen LogP) is 3.20. The number of amides is 1. The number of ether oxygens (including phenoxy) is 1. The molecule has 1 amide bonds. The molecule has 29 heavy (non-hydrogen) atoms. The number of nitrogens with zero attached hydrogens (tertiary/aromatic N) is 3. The molecule has 0 bridgehead atoms. The molecule has 0 fully saturated rings. The average Bonchev–Trinajstić information content (AvgIpc) is 2.66. The summed E-state index contributed by atoms with van der Waals surface area (Å²) in [4.78, 5) is 31.2. The monoisotopic (exact) mass is 429 g/mol. The second-order valence-corrected chi connectivity index (χ2v) is 6.95. The van der Waals surface area contributed by atoms with Crippen molar-refractivity contribution in [2.75, 3.05) is 26.5 Å². The Labute approximate surface area is 168 Å². The molecule has 0 saturated carbocycles. The molecule has 156 valence electrons. The highest BCUT2D eigenvalue weighted by Crippen LogP contribution is 2.32. The zero-order chi connectivity index (χ0) is 21.6. The SMILES string of the molecule is COc1ccc(-c2cc(C(F)(F)F)nc(SCCC(=O)N(C)CC(=O)O)n2)cc1. The molecule has 0 aliphatic carbocycles. The van der Waals surface area contributed by atoms with Gasteiger partial charge < -0.3 is 14.7 Å². The molecule has 1 N–H and O–H groups in total. The molecule has 0 saturated heterocycles. The van der Waals surface area contributed by atoms with Gasteiger partial charge in [-0.3, -0.25) is 9.59 Å². The second-order valence-electron chi connectivity index (χ2n) is 5.89. The fourth-order valence-electron chi connectivity index (χ4n) is 2.26. The summed E-state index contributed by atoms with van der Waals surface area (Å²) in [5.74, 6) is -0.940. The first kappa shape index (κ1) is 22.5. The lowest BCUT2D eigenvalue weighted by Crippen LogP contribution is -2.32. The number of carboxylic acid groups (broad SMARTS) is 1. The van der Waals surface area contributed by atoms with Crippen LogP contribution in [-0.4, -0.2) is 58.3 Å². The van der Waals surface area contributed by atoms with Crippen LogP contribution in [0.1, 0.15) is 12.1 Å². The van der Waals surface area contributed by atoms with Gasteiger partial charge in [0.25, 0.3) is 0 Å². The summed E-state index contributed by atoms with van der Waals surface area (Å²) in [7, 11) is 2.81. The van der Waals surface area contributed by atoms with Crippen LogP contribution in [0.3, 0.4) is 0 Å². The standard InChI is InChI=1S/C18H18F3N3O4S/c1-24(10-16(26)27)15(25)7-8-29-17-22-13(9-14(23-17)18(19,20)21)11-3-5-12(28-2)6-4-11/h3-6,9H,7-8,10H2,1-2H3,(H,26,27). The molecular formula is C18H18F3N3O4S. The molecule has 1 aromatic heterocycles. The zero-order valence-corrected chi connectivity index (χ0v) is 16.4. The van der Waals surface area contributed by atoms with E-state index in [1.165, 1.54) is 14.2 Å². The number of carboxylic acids is 1. The molecule has 0 aliphatic rings. The molecule has 11 heteroatoms. The van der Waals surface area contributed by atoms with Gasteiger partial charge >= 0.3 is 12.1 Å². The van der Waals surface area contributed by atoms with E-state index >= 15 is 0 Å². The number of benzene rings is 1. The van der Waals surface area contributed by atoms with Crippen molar-refractivity contribution < 1.29 is 32.6 Å². The van der Waals surface area contributed by atoms with Gasteiger partial charge in [0.1, 0.15) is 18.0 Å². The quantitative estimate of drug-likeness (QED) is 0.509. The number of carbonyl (C=O) groups excluding carboxylic acids is 1. The summed E-state index contributed by atoms with van der Waals surface area (Å²) in [6, 6.07) is 7.24. The Hall–Kier alpha value is -2.82. The van der Waals surface area contributed by atoms with Crippen molar-refractivity contribution in [2.45, 2.75) is 17.8 Å². The fourth-order valence-corrected chi connectivity index (χ4v) is 3.04. The molecule has 0 atom stereocenters. The highest BCUT2D eigenvalue weighted by molar-refractivity contribution is 7.99. The minimum Gasteiger partial charge on any atom is -0.497 e. The zero-order valence-electron chi connectivity index (χ0n) is 15.6. The Morgan fingerprint density at radius 2 is 1.86 bits per heavy atom. The van der Waals surface area contributed by atoms with Gasteiger partial charge in [-0.25, -0.2) is 9.97 Å². The first-order chi connectivity index (χ1) is 13.6. The molecular weight excluding hydrogens is 411 g/mol. The van der Waals surface area contributed by atoms with E-state index < -0.39 is 30.3 Å². The summed E-state index contributed by atoms with van der Waals surface area (Å²) in [6.07, 6.45) is -4.72. The van der Waals surface area contributed by atoms with E-state index in [-0.39, 0.29) is 23.0 Å². The van der Waals surface area contributed by atoms with Crippen molar-refractivity contribution in [3.05, 3.63) is 36.0 Å². The van der Waals surface area contributed by atoms with E-state index in [0.717, 1.165) is 22.7 Å². The lowest BCUT2D eigenvalue weighted by atomic mass is 10.1. The predicted molar refractivity (Wildman–Crippen MR) is 99.6 cm³/mol. The van der Waals surface area contributed by atoms with Crippen LogP contribution in [-0.2, 0) is 15.8 Å². The molecule has 0 radical (unpaired) electrons. The van der Waals surface area contributed by atoms with Crippen molar-refractivity contribution in [1.29, 1.82) is 0 Å². The molecule has 0 aliphatic heterocycles. The molecule has 1 heterocycles. The van der Waals surface area contributed by atoms with Crippen LogP contribution in [0.25, 0.3) is 11.3 Å². The van der Waals surface area contributed by atoms with E-state index in [4.69, 9.17) is 9.84 Å². The number of aromatic nitrogens is 2. The normalized spacial score (nSPS) is 11.2. The van der Waals surface area contributed by atoms with Gasteiger partial charge in [0.05, 0.1) is 12.8 Å². The van der Waals surface area contributed by atoms with Crippen LogP contribution < -0.4 is 4.74 Å². The number of hydrogen-bond acceptors (Lipinski definition) is 6. The Morgan fingerprint density at radius 3 is 2.41 bits per heavy atom. The summed E-state index contributed by atoms with van der Waals surface area (Å²) >= 11 is 0.890. The van der Waals surface area contributed by atoms with Crippen molar-refractivity contribution in [3.8, 4) is 17.0 Å². The van der Waals surface area contributed by atoms with E-state index in [9.17, 15) is 22.8 Å². The van der Waals surface area contributed by atoms with Gasteiger partial charge in [0.2, 0.25) is 5.91 Å². The van der Waals surface area contributed by atoms with Gasteiger partial charge in [-0.15, -0.1) is 0 Å². The Kier molecular flexibility index (Phi) is 7.43. The lowest BCUT2D eigenvalue weighted by molar-refractivity contribution is -0.143. The number of hydrogen-bond donors (Lipinski definition) is 1. The van der Waals surface area contributed by atoms with Crippen LogP contribution in [0.5, 0.6) is 5.75 Å². The van der Waals surface area contributed by atoms with Crippen molar-refractivity contribution >= 4 is 23.6 Å². The summed E-state index contributed by atoms with van der Waals surface area (Å²) in [5.41, 5.74) is -0.542. The van der Waals surface area contributed by atoms with Gasteiger partial charge in [0, 0.05) is 24.8 Å². The number of aliphatic carboxylic acids is 1. The fraction of sp³-hybridized carbons (Fsp3) is 0.333. The van der Waals surface area contributed by atoms with E-state index in [1.54, 1.807) is 24.3 Å². The maximum Gasteiger partial charge on any atom is 0.433 e. The third-order valence-electron chi connectivity index (χ3n) is 3.73. The number of halogens is 3. The summed E-state index contributed by atoms with van der Waals surface area (Å²) in [6.45, 7) is -0.453. The van der Waals surface area contributed by atoms with Gasteiger partial charge in [-0.05, 0) is 30.3 Å². The average molecular weight is 429 g/mol. The van der Waals surface area contributed by atoms with Gasteiger partial charge in [0.15, 0.2) is 5.16 Å². The van der Waals surface area contributed by atoms with E-state index in [0.29, 0.717) is 11.3 Å². The maximum atomic E-state index is 13.2. The Bertz CT molecular complexity index is 876. The highest BCUT2D eigenvalue weighted by atomic mass is 32.2. The van der Waals surface area contributed by atoms with Crippen LogP contribution in [0.2, 0.25) is 0 Å². The van der Waals surface area contributed by atoms with Gasteiger partial charge in [-0.2, -0.15) is 13.2 Å². The van der Waals surface area contributed by atoms with Crippen molar-refractivity contribution in [2.24, 2.45) is 0 Å². The van der Waals surface area contributed by atoms with Crippen molar-refractivity contribution in [1.82, 2.24) is 14.9 Å². The summed E-state index contributed by atoms with van der Waals surface area (Å²) in [5, 5.41) is 8.56. The Balaban J connectivity index is 2.18. The van der Waals surface area contributed by atoms with Crippen LogP contribution in [0.15, 0.2) is 35.5 Å². The van der Waals surface area contributed by atoms with Crippen LogP contribution in [0.4, 0.5) is 13.2 Å². The minimum absolute atomic E-state index is 0.0636. The number of thioether (sulfide) groups is 1. The maximum absolute atomic E-state index is 13.2. The van der Waals surface area contributed by atoms with E-state index in [1.807, 2.05) is 0 Å². The first-order valence-electron chi connectivity index (χ1n) is 8.29. The van der Waals surface area contributed by atoms with Gasteiger partial charge in [-0.1, -0.05) is 11.8 Å². The highest BCUT2D eigenvalue weighted by Gasteiger charge is 2.34. The first-order valence-corrected chi connectivity index (χ1v) is 9.28. The molecule has 7 nitrogen and oxygen atoms in total. The molecule has 1 aromatic carbocycles. The number of rotatable bonds is 8. The lowest BCUT2D eigenvalue weighted by Gasteiger charge is -2.14. The number of alkyl halides is 3. The topological polar surface area (TPSA) is 92.6 Å². The molecule has 0 spiro atoms. The van der Waals surface area contributed by atoms with Crippen molar-refractivity contribution in [3.63, 3.8) is 0 Å². The number of likely N-dealkylation sites (N-methyl/N-ethyl adjacent to an activating group) is 1. The molecule has 2 aromatic rings. The minimum atomic E-state index is -4.66. The molecule has 0 unspecified atom stereocenters. The number of carbonyl (C=O) groups is 2. The summed E-state index contributed by atoms with van der Waals surface area (Å²) < 4.78 is 44.7. The van der Waals surface area contributed by atoms with Crippen LogP contribution in [0, 0.1) is 0 Å².